The van der Waals surface area contributed by atoms with Crippen LogP contribution in [0.2, 0.25) is 0 Å². The molecule has 0 aliphatic carbocycles. The summed E-state index contributed by atoms with van der Waals surface area (Å²) in [4.78, 5) is 0. The number of hydrogen-bond acceptors (Lipinski definition) is 3. The lowest BCUT2D eigenvalue weighted by Crippen LogP contribution is -2.07. The van der Waals surface area contributed by atoms with Crippen molar-refractivity contribution < 1.29 is 13.5 Å². The Bertz CT molecular complexity index is 436. The fraction of sp³-hybridized carbons (Fsp3) is 0.400. The first-order valence-corrected chi connectivity index (χ1v) is 6.32. The van der Waals surface area contributed by atoms with Crippen molar-refractivity contribution in [3.63, 3.8) is 0 Å². The van der Waals surface area contributed by atoms with Crippen LogP contribution < -0.4 is 0 Å². The molecule has 0 aromatic heterocycles. The maximum Gasteiger partial charge on any atom is 0.157 e. The maximum atomic E-state index is 11.6. The molecule has 1 aromatic carbocycles. The lowest BCUT2D eigenvalue weighted by molar-refractivity contribution is 0.474. The van der Waals surface area contributed by atoms with Gasteiger partial charge >= 0.3 is 0 Å². The highest BCUT2D eigenvalue weighted by Gasteiger charge is 2.32. The Labute approximate surface area is 83.3 Å². The zero-order valence-electron chi connectivity index (χ0n) is 7.68. The first-order valence-electron chi connectivity index (χ1n) is 4.60. The van der Waals surface area contributed by atoms with Gasteiger partial charge in [-0.15, -0.1) is 0 Å². The molecule has 0 amide bonds. The molecule has 0 radical (unpaired) electrons. The van der Waals surface area contributed by atoms with Crippen molar-refractivity contribution in [3.05, 3.63) is 29.8 Å². The molecule has 14 heavy (non-hydrogen) atoms. The number of hydrogen-bond donors (Lipinski definition) is 1. The van der Waals surface area contributed by atoms with Crippen LogP contribution in [0.15, 0.2) is 24.3 Å². The predicted molar refractivity (Wildman–Crippen MR) is 53.9 cm³/mol. The van der Waals surface area contributed by atoms with Crippen LogP contribution in [0.5, 0.6) is 5.75 Å². The van der Waals surface area contributed by atoms with Gasteiger partial charge in [-0.3, -0.25) is 0 Å². The van der Waals surface area contributed by atoms with Crippen molar-refractivity contribution in [1.82, 2.24) is 0 Å². The minimum atomic E-state index is -2.97. The highest BCUT2D eigenvalue weighted by molar-refractivity contribution is 7.91. The second kappa shape index (κ2) is 3.28. The summed E-state index contributed by atoms with van der Waals surface area (Å²) in [6, 6.07) is 6.52. The van der Waals surface area contributed by atoms with Crippen LogP contribution in [-0.2, 0) is 9.84 Å². The van der Waals surface area contributed by atoms with Gasteiger partial charge in [0, 0.05) is 0 Å². The summed E-state index contributed by atoms with van der Waals surface area (Å²) in [5.41, 5.74) is 0.711. The maximum absolute atomic E-state index is 11.6. The number of phenols is 1. The van der Waals surface area contributed by atoms with Gasteiger partial charge in [0.15, 0.2) is 9.84 Å². The Morgan fingerprint density at radius 1 is 1.36 bits per heavy atom. The quantitative estimate of drug-likeness (QED) is 0.770. The molecule has 1 saturated heterocycles. The Morgan fingerprint density at radius 3 is 2.71 bits per heavy atom. The van der Waals surface area contributed by atoms with Crippen molar-refractivity contribution in [1.29, 1.82) is 0 Å². The van der Waals surface area contributed by atoms with E-state index in [1.807, 2.05) is 0 Å². The van der Waals surface area contributed by atoms with E-state index in [0.29, 0.717) is 12.0 Å². The van der Waals surface area contributed by atoms with Gasteiger partial charge < -0.3 is 5.11 Å². The van der Waals surface area contributed by atoms with Crippen LogP contribution >= 0.6 is 0 Å². The average molecular weight is 212 g/mol. The fourth-order valence-corrected chi connectivity index (χ4v) is 3.83. The molecular weight excluding hydrogens is 200 g/mol. The van der Waals surface area contributed by atoms with Crippen LogP contribution in [-0.4, -0.2) is 19.3 Å². The van der Waals surface area contributed by atoms with Gasteiger partial charge in [-0.1, -0.05) is 12.1 Å². The van der Waals surface area contributed by atoms with E-state index in [1.54, 1.807) is 18.2 Å². The standard InChI is InChI=1S/C10H12O3S/c11-9-4-1-3-8(7-9)10-5-2-6-14(10,12)13/h1,3-4,7,10-11H,2,5-6H2. The molecule has 1 N–H and O–H groups in total. The van der Waals surface area contributed by atoms with Gasteiger partial charge in [0.1, 0.15) is 5.75 Å². The van der Waals surface area contributed by atoms with Crippen molar-refractivity contribution in [3.8, 4) is 5.75 Å². The monoisotopic (exact) mass is 212 g/mol. The van der Waals surface area contributed by atoms with Crippen molar-refractivity contribution >= 4 is 9.84 Å². The molecule has 3 nitrogen and oxygen atoms in total. The normalized spacial score (nSPS) is 25.0. The number of phenolic OH excluding ortho intramolecular Hbond substituents is 1. The first-order chi connectivity index (χ1) is 6.59. The molecule has 76 valence electrons. The van der Waals surface area contributed by atoms with Gasteiger partial charge in [-0.25, -0.2) is 8.42 Å². The molecule has 1 heterocycles. The third kappa shape index (κ3) is 1.62. The highest BCUT2D eigenvalue weighted by atomic mass is 32.2. The topological polar surface area (TPSA) is 54.4 Å². The van der Waals surface area contributed by atoms with E-state index in [9.17, 15) is 13.5 Å². The molecule has 2 rings (SSSR count). The minimum Gasteiger partial charge on any atom is -0.508 e. The van der Waals surface area contributed by atoms with Gasteiger partial charge in [0.2, 0.25) is 0 Å². The number of aromatic hydroxyl groups is 1. The lowest BCUT2D eigenvalue weighted by atomic mass is 10.1. The summed E-state index contributed by atoms with van der Waals surface area (Å²) in [6.45, 7) is 0. The molecule has 0 spiro atoms. The van der Waals surface area contributed by atoms with Crippen molar-refractivity contribution in [2.24, 2.45) is 0 Å². The predicted octanol–water partition coefficient (Wildman–Crippen LogP) is 1.64. The molecule has 4 heteroatoms. The molecule has 1 unspecified atom stereocenters. The number of sulfone groups is 1. The van der Waals surface area contributed by atoms with E-state index in [4.69, 9.17) is 0 Å². The Balaban J connectivity index is 2.41. The summed E-state index contributed by atoms with van der Waals surface area (Å²) in [6.07, 6.45) is 1.40. The number of benzene rings is 1. The summed E-state index contributed by atoms with van der Waals surface area (Å²) < 4.78 is 23.2. The smallest absolute Gasteiger partial charge is 0.157 e. The van der Waals surface area contributed by atoms with E-state index >= 15 is 0 Å². The van der Waals surface area contributed by atoms with Crippen molar-refractivity contribution in [2.45, 2.75) is 18.1 Å². The lowest BCUT2D eigenvalue weighted by Gasteiger charge is -2.09. The summed E-state index contributed by atoms with van der Waals surface area (Å²) >= 11 is 0. The average Bonchev–Trinajstić information content (AvgIpc) is 2.45. The highest BCUT2D eigenvalue weighted by Crippen LogP contribution is 2.35. The van der Waals surface area contributed by atoms with E-state index in [0.717, 1.165) is 6.42 Å². The molecule has 1 aliphatic heterocycles. The fourth-order valence-electron chi connectivity index (χ4n) is 1.89. The second-order valence-electron chi connectivity index (χ2n) is 3.59. The van der Waals surface area contributed by atoms with Crippen LogP contribution in [0.25, 0.3) is 0 Å². The van der Waals surface area contributed by atoms with Crippen LogP contribution in [0.3, 0.4) is 0 Å². The third-order valence-electron chi connectivity index (χ3n) is 2.57. The van der Waals surface area contributed by atoms with Gasteiger partial charge in [-0.2, -0.15) is 0 Å². The van der Waals surface area contributed by atoms with Gasteiger partial charge in [0.05, 0.1) is 11.0 Å². The molecule has 1 fully saturated rings. The Hall–Kier alpha value is -1.03. The number of rotatable bonds is 1. The molecule has 0 bridgehead atoms. The van der Waals surface area contributed by atoms with E-state index in [1.165, 1.54) is 6.07 Å². The third-order valence-corrected chi connectivity index (χ3v) is 4.80. The SMILES string of the molecule is O=S1(=O)CCCC1c1cccc(O)c1. The van der Waals surface area contributed by atoms with Gasteiger partial charge in [-0.05, 0) is 30.5 Å². The zero-order valence-corrected chi connectivity index (χ0v) is 8.50. The molecule has 1 aliphatic rings. The van der Waals surface area contributed by atoms with E-state index < -0.39 is 15.1 Å². The first kappa shape index (κ1) is 9.52. The second-order valence-corrected chi connectivity index (χ2v) is 5.90. The minimum absolute atomic E-state index is 0.129. The van der Waals surface area contributed by atoms with Crippen LogP contribution in [0, 0.1) is 0 Å². The Morgan fingerprint density at radius 2 is 2.14 bits per heavy atom. The van der Waals surface area contributed by atoms with Crippen LogP contribution in [0.4, 0.5) is 0 Å². The summed E-state index contributed by atoms with van der Waals surface area (Å²) in [7, 11) is -2.97. The van der Waals surface area contributed by atoms with Crippen LogP contribution in [0.1, 0.15) is 23.7 Å². The molecular formula is C10H12O3S. The van der Waals surface area contributed by atoms with E-state index in [2.05, 4.69) is 0 Å². The summed E-state index contributed by atoms with van der Waals surface area (Å²) in [5, 5.41) is 8.84. The molecule has 0 saturated carbocycles. The largest absolute Gasteiger partial charge is 0.508 e. The zero-order chi connectivity index (χ0) is 10.2. The summed E-state index contributed by atoms with van der Waals surface area (Å²) in [5.74, 6) is 0.400. The Kier molecular flexibility index (Phi) is 2.23. The van der Waals surface area contributed by atoms with Crippen molar-refractivity contribution in [2.75, 3.05) is 5.75 Å². The van der Waals surface area contributed by atoms with E-state index in [-0.39, 0.29) is 11.5 Å². The van der Waals surface area contributed by atoms with Gasteiger partial charge in [0.25, 0.3) is 0 Å². The molecule has 1 atom stereocenters. The molecule has 1 aromatic rings.